The molecule has 47 heavy (non-hydrogen) atoms. The molecule has 0 atom stereocenters. The second-order valence-corrected chi connectivity index (χ2v) is 13.1. The molecule has 1 aromatic carbocycles. The number of carbonyl (C=O) groups excluding carboxylic acids is 2. The number of hydrogen-bond acceptors (Lipinski definition) is 7. The van der Waals surface area contributed by atoms with Gasteiger partial charge in [-0.3, -0.25) is 14.6 Å². The van der Waals surface area contributed by atoms with Gasteiger partial charge in [-0.2, -0.15) is 18.3 Å². The standard InChI is InChI=1S/C33H36F4N8O2/c1-17-27(30(39-2)45(43-17)16-26(38)46)20-14-23(34)22(13-18-3-4-18)24(15-20)44-11-9-32(10-12-44)31(47)41-29(42-32)21-7-8-25(33(35,36)37)40-28(21)19-5-6-19/h7-8,14-15,18-19,39H,3-6,9-13,16H2,1-2H3,(H2,38,46)(H,41,42,47). The van der Waals surface area contributed by atoms with Crippen molar-refractivity contribution < 1.29 is 27.2 Å². The van der Waals surface area contributed by atoms with E-state index in [4.69, 9.17) is 10.7 Å². The monoisotopic (exact) mass is 652 g/mol. The second kappa shape index (κ2) is 11.3. The number of anilines is 2. The molecule has 0 radical (unpaired) electrons. The first-order valence-electron chi connectivity index (χ1n) is 16.0. The molecule has 2 aliphatic carbocycles. The van der Waals surface area contributed by atoms with Crippen LogP contribution in [-0.4, -0.2) is 58.1 Å². The van der Waals surface area contributed by atoms with Crippen LogP contribution in [0.1, 0.15) is 72.7 Å². The lowest BCUT2D eigenvalue weighted by atomic mass is 9.87. The summed E-state index contributed by atoms with van der Waals surface area (Å²) in [5.41, 5.74) is 7.42. The van der Waals surface area contributed by atoms with Gasteiger partial charge in [-0.15, -0.1) is 0 Å². The van der Waals surface area contributed by atoms with Gasteiger partial charge in [0, 0.05) is 48.4 Å². The van der Waals surface area contributed by atoms with Crippen LogP contribution >= 0.6 is 0 Å². The van der Waals surface area contributed by atoms with Gasteiger partial charge in [0.25, 0.3) is 5.91 Å². The molecule has 10 nitrogen and oxygen atoms in total. The average Bonchev–Trinajstić information content (AvgIpc) is 3.95. The zero-order chi connectivity index (χ0) is 33.2. The summed E-state index contributed by atoms with van der Waals surface area (Å²) in [6, 6.07) is 5.77. The number of piperidine rings is 1. The SMILES string of the molecule is CNc1c(-c2cc(F)c(CC3CC3)c(N3CCC4(CC3)N=C(c3ccc(C(F)(F)F)nc3C3CC3)NC4=O)c2)c(C)nn1CC(N)=O. The summed E-state index contributed by atoms with van der Waals surface area (Å²) < 4.78 is 57.8. The third kappa shape index (κ3) is 5.82. The average molecular weight is 653 g/mol. The lowest BCUT2D eigenvalue weighted by Crippen LogP contribution is -2.49. The Bertz CT molecular complexity index is 1800. The van der Waals surface area contributed by atoms with E-state index in [9.17, 15) is 22.8 Å². The highest BCUT2D eigenvalue weighted by Crippen LogP contribution is 2.45. The minimum absolute atomic E-state index is 0.0904. The topological polar surface area (TPSA) is 131 Å². The number of carbonyl (C=O) groups is 2. The summed E-state index contributed by atoms with van der Waals surface area (Å²) in [4.78, 5) is 36.0. The predicted octanol–water partition coefficient (Wildman–Crippen LogP) is 4.68. The molecule has 14 heteroatoms. The van der Waals surface area contributed by atoms with Gasteiger partial charge in [0.05, 0.1) is 11.4 Å². The van der Waals surface area contributed by atoms with E-state index < -0.39 is 23.3 Å². The van der Waals surface area contributed by atoms with Crippen molar-refractivity contribution in [1.29, 1.82) is 0 Å². The number of amidine groups is 1. The molecule has 1 saturated heterocycles. The van der Waals surface area contributed by atoms with Gasteiger partial charge >= 0.3 is 6.18 Å². The van der Waals surface area contributed by atoms with Gasteiger partial charge < -0.3 is 21.3 Å². The summed E-state index contributed by atoms with van der Waals surface area (Å²) in [7, 11) is 1.70. The molecule has 0 bridgehead atoms. The molecular weight excluding hydrogens is 616 g/mol. The summed E-state index contributed by atoms with van der Waals surface area (Å²) in [6.07, 6.45) is 0.310. The van der Waals surface area contributed by atoms with E-state index in [1.807, 2.05) is 6.07 Å². The van der Waals surface area contributed by atoms with E-state index in [2.05, 4.69) is 25.6 Å². The number of aryl methyl sites for hydroxylation is 1. The number of benzene rings is 1. The number of aliphatic imine (C=N–C) groups is 1. The van der Waals surface area contributed by atoms with Crippen LogP contribution in [0.5, 0.6) is 0 Å². The first kappa shape index (κ1) is 31.1. The van der Waals surface area contributed by atoms with Crippen LogP contribution in [-0.2, 0) is 28.7 Å². The van der Waals surface area contributed by atoms with Gasteiger partial charge in [0.2, 0.25) is 5.91 Å². The molecule has 4 N–H and O–H groups in total. The van der Waals surface area contributed by atoms with E-state index in [0.29, 0.717) is 77.7 Å². The van der Waals surface area contributed by atoms with Crippen molar-refractivity contribution in [2.45, 2.75) is 76.0 Å². The molecule has 4 heterocycles. The van der Waals surface area contributed by atoms with Crippen LogP contribution in [0.3, 0.4) is 0 Å². The zero-order valence-corrected chi connectivity index (χ0v) is 26.2. The quantitative estimate of drug-likeness (QED) is 0.288. The van der Waals surface area contributed by atoms with Crippen LogP contribution in [0.25, 0.3) is 11.1 Å². The Morgan fingerprint density at radius 3 is 2.49 bits per heavy atom. The van der Waals surface area contributed by atoms with Crippen molar-refractivity contribution in [3.63, 3.8) is 0 Å². The molecular formula is C33H36F4N8O2. The Morgan fingerprint density at radius 1 is 1.15 bits per heavy atom. The number of nitrogens with one attached hydrogen (secondary N) is 2. The Labute approximate surface area is 268 Å². The number of halogens is 4. The van der Waals surface area contributed by atoms with Crippen LogP contribution in [0.2, 0.25) is 0 Å². The molecule has 2 aromatic heterocycles. The minimum Gasteiger partial charge on any atom is -0.373 e. The summed E-state index contributed by atoms with van der Waals surface area (Å²) in [5.74, 6) is -0.0249. The number of hydrogen-bond donors (Lipinski definition) is 3. The predicted molar refractivity (Wildman–Crippen MR) is 168 cm³/mol. The number of nitrogens with two attached hydrogens (primary N) is 1. The van der Waals surface area contributed by atoms with Crippen molar-refractivity contribution in [2.75, 3.05) is 30.4 Å². The Balaban J connectivity index is 1.20. The van der Waals surface area contributed by atoms with Crippen molar-refractivity contribution >= 4 is 29.2 Å². The largest absolute Gasteiger partial charge is 0.433 e. The molecule has 7 rings (SSSR count). The normalized spacial score (nSPS) is 19.2. The fourth-order valence-corrected chi connectivity index (χ4v) is 6.91. The van der Waals surface area contributed by atoms with Gasteiger partial charge in [-0.05, 0) is 87.6 Å². The smallest absolute Gasteiger partial charge is 0.373 e. The van der Waals surface area contributed by atoms with Gasteiger partial charge in [-0.1, -0.05) is 0 Å². The van der Waals surface area contributed by atoms with Crippen LogP contribution < -0.4 is 21.3 Å². The maximum atomic E-state index is 16.0. The molecule has 2 saturated carbocycles. The van der Waals surface area contributed by atoms with Crippen LogP contribution in [0.4, 0.5) is 29.1 Å². The highest BCUT2D eigenvalue weighted by molar-refractivity contribution is 6.16. The maximum Gasteiger partial charge on any atom is 0.433 e. The van der Waals surface area contributed by atoms with E-state index in [-0.39, 0.29) is 30.0 Å². The molecule has 3 aromatic rings. The third-order valence-electron chi connectivity index (χ3n) is 9.67. The number of pyridine rings is 1. The van der Waals surface area contributed by atoms with Crippen molar-refractivity contribution in [1.82, 2.24) is 20.1 Å². The highest BCUT2D eigenvalue weighted by atomic mass is 19.4. The summed E-state index contributed by atoms with van der Waals surface area (Å²) >= 11 is 0. The molecule has 0 unspecified atom stereocenters. The Kier molecular flexibility index (Phi) is 7.51. The van der Waals surface area contributed by atoms with Gasteiger partial charge in [-0.25, -0.2) is 14.1 Å². The van der Waals surface area contributed by atoms with Crippen molar-refractivity contribution in [3.8, 4) is 11.1 Å². The van der Waals surface area contributed by atoms with Crippen molar-refractivity contribution in [3.05, 3.63) is 58.3 Å². The number of rotatable bonds is 9. The van der Waals surface area contributed by atoms with E-state index in [1.165, 1.54) is 16.8 Å². The molecule has 2 amide bonds. The second-order valence-electron chi connectivity index (χ2n) is 13.1. The molecule has 1 spiro atoms. The van der Waals surface area contributed by atoms with Gasteiger partial charge in [0.15, 0.2) is 0 Å². The molecule has 4 aliphatic rings. The number of primary amides is 1. The lowest BCUT2D eigenvalue weighted by Gasteiger charge is -2.38. The van der Waals surface area contributed by atoms with Gasteiger partial charge in [0.1, 0.15) is 35.2 Å². The lowest BCUT2D eigenvalue weighted by molar-refractivity contribution is -0.141. The molecule has 248 valence electrons. The molecule has 2 aliphatic heterocycles. The number of amides is 2. The fraction of sp³-hybridized carbons (Fsp3) is 0.485. The van der Waals surface area contributed by atoms with E-state index >= 15 is 4.39 Å². The fourth-order valence-electron chi connectivity index (χ4n) is 6.91. The minimum atomic E-state index is -4.57. The maximum absolute atomic E-state index is 16.0. The summed E-state index contributed by atoms with van der Waals surface area (Å²) in [6.45, 7) is 2.51. The summed E-state index contributed by atoms with van der Waals surface area (Å²) in [5, 5.41) is 10.4. The number of nitrogens with zero attached hydrogens (tertiary/aromatic N) is 5. The van der Waals surface area contributed by atoms with Crippen LogP contribution in [0.15, 0.2) is 29.3 Å². The highest BCUT2D eigenvalue weighted by Gasteiger charge is 2.47. The molecule has 3 fully saturated rings. The Morgan fingerprint density at radius 2 is 1.87 bits per heavy atom. The number of aromatic nitrogens is 3. The van der Waals surface area contributed by atoms with E-state index in [1.54, 1.807) is 14.0 Å². The first-order valence-corrected chi connectivity index (χ1v) is 16.0. The van der Waals surface area contributed by atoms with E-state index in [0.717, 1.165) is 37.4 Å². The van der Waals surface area contributed by atoms with Crippen molar-refractivity contribution in [2.24, 2.45) is 16.6 Å². The Hall–Kier alpha value is -4.49. The van der Waals surface area contributed by atoms with Crippen LogP contribution in [0, 0.1) is 18.7 Å². The first-order chi connectivity index (χ1) is 22.4. The number of alkyl halides is 3. The third-order valence-corrected chi connectivity index (χ3v) is 9.67. The zero-order valence-electron chi connectivity index (χ0n) is 26.2.